The van der Waals surface area contributed by atoms with Crippen LogP contribution in [0.2, 0.25) is 0 Å². The van der Waals surface area contributed by atoms with Crippen LogP contribution in [0, 0.1) is 0 Å². The molecule has 0 amide bonds. The number of hydrogen-bond acceptors (Lipinski definition) is 5. The van der Waals surface area contributed by atoms with E-state index in [9.17, 15) is 0 Å². The average molecular weight is 353 g/mol. The third-order valence-electron chi connectivity index (χ3n) is 3.63. The van der Waals surface area contributed by atoms with Crippen LogP contribution in [0.5, 0.6) is 11.5 Å². The fourth-order valence-electron chi connectivity index (χ4n) is 2.39. The van der Waals surface area contributed by atoms with Crippen LogP contribution in [0.3, 0.4) is 0 Å². The summed E-state index contributed by atoms with van der Waals surface area (Å²) in [5.41, 5.74) is 1.89. The summed E-state index contributed by atoms with van der Waals surface area (Å²) in [4.78, 5) is 4.57. The molecule has 3 aromatic rings. The molecule has 25 heavy (non-hydrogen) atoms. The van der Waals surface area contributed by atoms with E-state index < -0.39 is 0 Å². The molecule has 0 aliphatic carbocycles. The van der Waals surface area contributed by atoms with Gasteiger partial charge in [0.1, 0.15) is 11.5 Å². The van der Waals surface area contributed by atoms with E-state index in [1.165, 1.54) is 0 Å². The second-order valence-corrected chi connectivity index (χ2v) is 5.92. The fourth-order valence-corrected chi connectivity index (χ4v) is 2.89. The molecule has 128 valence electrons. The van der Waals surface area contributed by atoms with E-state index in [1.54, 1.807) is 26.0 Å². The minimum absolute atomic E-state index is 0.637. The monoisotopic (exact) mass is 353 g/mol. The number of thioether (sulfide) groups is 1. The van der Waals surface area contributed by atoms with Crippen molar-refractivity contribution in [2.75, 3.05) is 20.5 Å². The molecule has 0 spiro atoms. The highest BCUT2D eigenvalue weighted by Gasteiger charge is 2.09. The van der Waals surface area contributed by atoms with Crippen LogP contribution in [0.4, 0.5) is 0 Å². The van der Waals surface area contributed by atoms with Gasteiger partial charge in [-0.05, 0) is 48.7 Å². The minimum atomic E-state index is 0.637. The van der Waals surface area contributed by atoms with Crippen LogP contribution >= 0.6 is 11.8 Å². The van der Waals surface area contributed by atoms with Gasteiger partial charge in [0.25, 0.3) is 0 Å². The Kier molecular flexibility index (Phi) is 5.40. The molecule has 2 aromatic carbocycles. The Balaban J connectivity index is 1.94. The molecule has 0 aliphatic heterocycles. The highest BCUT2D eigenvalue weighted by atomic mass is 32.2. The first kappa shape index (κ1) is 17.1. The van der Waals surface area contributed by atoms with Crippen molar-refractivity contribution in [3.8, 4) is 17.2 Å². The van der Waals surface area contributed by atoms with Crippen molar-refractivity contribution in [1.29, 1.82) is 0 Å². The molecular weight excluding hydrogens is 334 g/mol. The highest BCUT2D eigenvalue weighted by molar-refractivity contribution is 7.98. The lowest BCUT2D eigenvalue weighted by Gasteiger charge is -2.06. The number of aromatic nitrogens is 3. The van der Waals surface area contributed by atoms with Gasteiger partial charge < -0.3 is 9.47 Å². The van der Waals surface area contributed by atoms with E-state index >= 15 is 0 Å². The molecule has 0 fully saturated rings. The molecule has 0 saturated heterocycles. The third-order valence-corrected chi connectivity index (χ3v) is 4.26. The zero-order chi connectivity index (χ0) is 17.6. The van der Waals surface area contributed by atoms with Crippen molar-refractivity contribution < 1.29 is 9.47 Å². The van der Waals surface area contributed by atoms with Crippen LogP contribution in [-0.2, 0) is 0 Å². The van der Waals surface area contributed by atoms with Crippen molar-refractivity contribution in [2.24, 2.45) is 0 Å². The number of methoxy groups -OCH3 is 2. The minimum Gasteiger partial charge on any atom is -0.497 e. The Bertz CT molecular complexity index is 876. The second kappa shape index (κ2) is 7.90. The first-order valence-electron chi connectivity index (χ1n) is 7.71. The van der Waals surface area contributed by atoms with Gasteiger partial charge in [-0.15, -0.1) is 5.10 Å². The summed E-state index contributed by atoms with van der Waals surface area (Å²) in [7, 11) is 3.29. The average Bonchev–Trinajstić information content (AvgIpc) is 3.10. The summed E-state index contributed by atoms with van der Waals surface area (Å²) in [6, 6.07) is 15.6. The molecule has 3 rings (SSSR count). The quantitative estimate of drug-likeness (QED) is 0.622. The lowest BCUT2D eigenvalue weighted by Crippen LogP contribution is -1.97. The largest absolute Gasteiger partial charge is 0.497 e. The topological polar surface area (TPSA) is 49.2 Å². The molecule has 0 radical (unpaired) electrons. The first-order valence-corrected chi connectivity index (χ1v) is 8.94. The maximum Gasteiger partial charge on any atom is 0.191 e. The van der Waals surface area contributed by atoms with Gasteiger partial charge in [-0.3, -0.25) is 0 Å². The van der Waals surface area contributed by atoms with Gasteiger partial charge in [0.15, 0.2) is 11.0 Å². The Morgan fingerprint density at radius 3 is 2.48 bits per heavy atom. The van der Waals surface area contributed by atoms with Gasteiger partial charge in [0.05, 0.1) is 19.9 Å². The molecule has 0 bridgehead atoms. The van der Waals surface area contributed by atoms with Crippen LogP contribution in [0.15, 0.2) is 53.7 Å². The lowest BCUT2D eigenvalue weighted by molar-refractivity contribution is 0.402. The molecule has 1 heterocycles. The summed E-state index contributed by atoms with van der Waals surface area (Å²) >= 11 is 1.56. The van der Waals surface area contributed by atoms with Gasteiger partial charge in [0.2, 0.25) is 0 Å². The fraction of sp³-hybridized carbons (Fsp3) is 0.158. The number of rotatable bonds is 6. The van der Waals surface area contributed by atoms with E-state index in [-0.39, 0.29) is 0 Å². The normalized spacial score (nSPS) is 11.0. The van der Waals surface area contributed by atoms with E-state index in [1.807, 2.05) is 71.6 Å². The predicted molar refractivity (Wildman–Crippen MR) is 102 cm³/mol. The summed E-state index contributed by atoms with van der Waals surface area (Å²) in [6.45, 7) is 0. The molecule has 0 aliphatic rings. The molecule has 0 saturated carbocycles. The van der Waals surface area contributed by atoms with E-state index in [0.717, 1.165) is 27.9 Å². The van der Waals surface area contributed by atoms with Crippen molar-refractivity contribution >= 4 is 23.9 Å². The number of nitrogens with zero attached hydrogens (tertiary/aromatic N) is 3. The van der Waals surface area contributed by atoms with Gasteiger partial charge in [-0.2, -0.15) is 0 Å². The number of benzene rings is 2. The van der Waals surface area contributed by atoms with E-state index in [2.05, 4.69) is 10.1 Å². The van der Waals surface area contributed by atoms with Crippen molar-refractivity contribution in [3.05, 3.63) is 59.9 Å². The predicted octanol–water partition coefficient (Wildman–Crippen LogP) is 4.18. The van der Waals surface area contributed by atoms with Crippen molar-refractivity contribution in [3.63, 3.8) is 0 Å². The summed E-state index contributed by atoms with van der Waals surface area (Å²) in [5, 5.41) is 5.43. The SMILES string of the molecule is COc1ccc(OC)c(/C=C/c2nc(SC)n(-c3ccccc3)n2)c1. The number of hydrogen-bond donors (Lipinski definition) is 0. The summed E-state index contributed by atoms with van der Waals surface area (Å²) in [6.07, 6.45) is 5.79. The van der Waals surface area contributed by atoms with Crippen LogP contribution in [0.1, 0.15) is 11.4 Å². The van der Waals surface area contributed by atoms with E-state index in [0.29, 0.717) is 5.82 Å². The van der Waals surface area contributed by atoms with Gasteiger partial charge in [-0.1, -0.05) is 30.0 Å². The maximum atomic E-state index is 5.40. The van der Waals surface area contributed by atoms with Crippen molar-refractivity contribution in [2.45, 2.75) is 5.16 Å². The maximum absolute atomic E-state index is 5.40. The molecule has 0 N–H and O–H groups in total. The first-order chi connectivity index (χ1) is 12.2. The molecule has 0 unspecified atom stereocenters. The second-order valence-electron chi connectivity index (χ2n) is 5.15. The standard InChI is InChI=1S/C19H19N3O2S/c1-23-16-10-11-17(24-2)14(13-16)9-12-18-20-19(25-3)22(21-18)15-7-5-4-6-8-15/h4-13H,1-3H3/b12-9+. The molecule has 0 atom stereocenters. The molecule has 6 heteroatoms. The Labute approximate surface area is 151 Å². The van der Waals surface area contributed by atoms with Gasteiger partial charge in [-0.25, -0.2) is 9.67 Å². The number of para-hydroxylation sites is 1. The van der Waals surface area contributed by atoms with Crippen LogP contribution in [-0.4, -0.2) is 35.2 Å². The molecule has 5 nitrogen and oxygen atoms in total. The number of ether oxygens (including phenoxy) is 2. The Hall–Kier alpha value is -2.73. The zero-order valence-electron chi connectivity index (χ0n) is 14.3. The highest BCUT2D eigenvalue weighted by Crippen LogP contribution is 2.26. The Morgan fingerprint density at radius 1 is 1.00 bits per heavy atom. The Morgan fingerprint density at radius 2 is 1.80 bits per heavy atom. The van der Waals surface area contributed by atoms with Gasteiger partial charge in [0, 0.05) is 5.56 Å². The van der Waals surface area contributed by atoms with Crippen LogP contribution in [0.25, 0.3) is 17.8 Å². The molecular formula is C19H19N3O2S. The van der Waals surface area contributed by atoms with Crippen molar-refractivity contribution in [1.82, 2.24) is 14.8 Å². The summed E-state index contributed by atoms with van der Waals surface area (Å²) < 4.78 is 12.5. The lowest BCUT2D eigenvalue weighted by atomic mass is 10.1. The van der Waals surface area contributed by atoms with E-state index in [4.69, 9.17) is 9.47 Å². The molecule has 1 aromatic heterocycles. The summed E-state index contributed by atoms with van der Waals surface area (Å²) in [5.74, 6) is 2.18. The van der Waals surface area contributed by atoms with Gasteiger partial charge >= 0.3 is 0 Å². The third kappa shape index (κ3) is 3.85. The van der Waals surface area contributed by atoms with Crippen LogP contribution < -0.4 is 9.47 Å². The smallest absolute Gasteiger partial charge is 0.191 e. The zero-order valence-corrected chi connectivity index (χ0v) is 15.2.